The lowest BCUT2D eigenvalue weighted by Gasteiger charge is -2.03. The fourth-order valence-corrected chi connectivity index (χ4v) is 2.89. The summed E-state index contributed by atoms with van der Waals surface area (Å²) in [7, 11) is 0. The second-order valence-corrected chi connectivity index (χ2v) is 6.43. The third-order valence-corrected chi connectivity index (χ3v) is 4.32. The number of amidine groups is 1. The second kappa shape index (κ2) is 8.84. The molecule has 0 atom stereocenters. The standard InChI is InChI=1S/C19H19N5S/c20-19(25-14-16-5-2-1-3-6-16)23-22-12-17-7-4-8-18(11-17)13-24-10-9-21-15-24/h1-12,15H,13-14H2,(H2,20,23). The summed E-state index contributed by atoms with van der Waals surface area (Å²) in [5, 5.41) is 8.59. The van der Waals surface area contributed by atoms with E-state index in [1.807, 2.05) is 41.1 Å². The Hall–Kier alpha value is -2.86. The van der Waals surface area contributed by atoms with E-state index in [0.29, 0.717) is 5.17 Å². The molecule has 0 aliphatic carbocycles. The Balaban J connectivity index is 1.55. The van der Waals surface area contributed by atoms with E-state index in [1.54, 1.807) is 18.7 Å². The maximum Gasteiger partial charge on any atom is 0.180 e. The minimum Gasteiger partial charge on any atom is -0.377 e. The Bertz CT molecular complexity index is 841. The zero-order valence-corrected chi connectivity index (χ0v) is 14.5. The Morgan fingerprint density at radius 3 is 2.76 bits per heavy atom. The van der Waals surface area contributed by atoms with Gasteiger partial charge in [0.2, 0.25) is 0 Å². The van der Waals surface area contributed by atoms with Crippen LogP contribution in [0.15, 0.2) is 83.5 Å². The van der Waals surface area contributed by atoms with E-state index in [4.69, 9.17) is 5.73 Å². The van der Waals surface area contributed by atoms with Gasteiger partial charge in [0.25, 0.3) is 0 Å². The van der Waals surface area contributed by atoms with Gasteiger partial charge in [-0.3, -0.25) is 0 Å². The van der Waals surface area contributed by atoms with Crippen molar-refractivity contribution >= 4 is 23.1 Å². The first-order valence-electron chi connectivity index (χ1n) is 7.87. The van der Waals surface area contributed by atoms with Crippen LogP contribution in [0.2, 0.25) is 0 Å². The van der Waals surface area contributed by atoms with Crippen LogP contribution in [0.3, 0.4) is 0 Å². The molecule has 0 aliphatic rings. The summed E-state index contributed by atoms with van der Waals surface area (Å²) in [6.45, 7) is 0.778. The molecule has 126 valence electrons. The van der Waals surface area contributed by atoms with Gasteiger partial charge in [-0.1, -0.05) is 60.3 Å². The summed E-state index contributed by atoms with van der Waals surface area (Å²) in [6.07, 6.45) is 7.23. The fraction of sp³-hybridized carbons (Fsp3) is 0.105. The first-order chi connectivity index (χ1) is 12.3. The van der Waals surface area contributed by atoms with Crippen molar-refractivity contribution < 1.29 is 0 Å². The predicted molar refractivity (Wildman–Crippen MR) is 105 cm³/mol. The number of aromatic nitrogens is 2. The highest BCUT2D eigenvalue weighted by Gasteiger charge is 1.97. The van der Waals surface area contributed by atoms with Crippen LogP contribution < -0.4 is 5.73 Å². The van der Waals surface area contributed by atoms with Gasteiger partial charge in [0.05, 0.1) is 12.5 Å². The normalized spacial score (nSPS) is 11.9. The molecule has 0 unspecified atom stereocenters. The molecule has 6 heteroatoms. The highest BCUT2D eigenvalue weighted by atomic mass is 32.2. The molecule has 5 nitrogen and oxygen atoms in total. The number of benzene rings is 2. The van der Waals surface area contributed by atoms with Crippen molar-refractivity contribution in [2.45, 2.75) is 12.3 Å². The number of nitrogens with two attached hydrogens (primary N) is 1. The van der Waals surface area contributed by atoms with Crippen molar-refractivity contribution in [2.75, 3.05) is 0 Å². The van der Waals surface area contributed by atoms with Gasteiger partial charge in [0.15, 0.2) is 5.17 Å². The van der Waals surface area contributed by atoms with Crippen LogP contribution in [-0.4, -0.2) is 20.9 Å². The molecular weight excluding hydrogens is 330 g/mol. The Labute approximate surface area is 151 Å². The molecule has 0 aliphatic heterocycles. The largest absolute Gasteiger partial charge is 0.377 e. The molecule has 3 aromatic rings. The Morgan fingerprint density at radius 1 is 1.12 bits per heavy atom. The van der Waals surface area contributed by atoms with Crippen LogP contribution in [-0.2, 0) is 12.3 Å². The van der Waals surface area contributed by atoms with Crippen molar-refractivity contribution in [3.63, 3.8) is 0 Å². The predicted octanol–water partition coefficient (Wildman–Crippen LogP) is 3.51. The van der Waals surface area contributed by atoms with E-state index < -0.39 is 0 Å². The Kier molecular flexibility index (Phi) is 6.01. The molecule has 0 amide bonds. The first-order valence-corrected chi connectivity index (χ1v) is 8.86. The van der Waals surface area contributed by atoms with E-state index in [2.05, 4.69) is 39.5 Å². The van der Waals surface area contributed by atoms with Crippen LogP contribution in [0.5, 0.6) is 0 Å². The summed E-state index contributed by atoms with van der Waals surface area (Å²) in [6, 6.07) is 18.3. The smallest absolute Gasteiger partial charge is 0.180 e. The van der Waals surface area contributed by atoms with Gasteiger partial charge in [-0.05, 0) is 22.8 Å². The molecule has 1 aromatic heterocycles. The number of imidazole rings is 1. The Morgan fingerprint density at radius 2 is 1.96 bits per heavy atom. The lowest BCUT2D eigenvalue weighted by Crippen LogP contribution is -2.06. The SMILES string of the molecule is NC(=NN=Cc1cccc(Cn2ccnc2)c1)SCc1ccccc1. The molecule has 25 heavy (non-hydrogen) atoms. The lowest BCUT2D eigenvalue weighted by atomic mass is 10.1. The average molecular weight is 349 g/mol. The number of hydrogen-bond donors (Lipinski definition) is 1. The van der Waals surface area contributed by atoms with Gasteiger partial charge < -0.3 is 10.3 Å². The van der Waals surface area contributed by atoms with Crippen LogP contribution in [0.1, 0.15) is 16.7 Å². The fourth-order valence-electron chi connectivity index (χ4n) is 2.28. The van der Waals surface area contributed by atoms with Crippen molar-refractivity contribution in [1.82, 2.24) is 9.55 Å². The molecular formula is C19H19N5S. The highest BCUT2D eigenvalue weighted by Crippen LogP contribution is 2.11. The molecule has 0 spiro atoms. The van der Waals surface area contributed by atoms with Gasteiger partial charge in [-0.2, -0.15) is 5.10 Å². The lowest BCUT2D eigenvalue weighted by molar-refractivity contribution is 0.797. The van der Waals surface area contributed by atoms with Crippen molar-refractivity contribution in [3.05, 3.63) is 90.0 Å². The minimum atomic E-state index is 0.453. The quantitative estimate of drug-likeness (QED) is 0.421. The van der Waals surface area contributed by atoms with Crippen LogP contribution in [0.4, 0.5) is 0 Å². The summed E-state index contributed by atoms with van der Waals surface area (Å²) in [5.41, 5.74) is 9.27. The number of nitrogens with zero attached hydrogens (tertiary/aromatic N) is 4. The summed E-state index contributed by atoms with van der Waals surface area (Å²) >= 11 is 1.47. The molecule has 0 saturated carbocycles. The summed E-state index contributed by atoms with van der Waals surface area (Å²) < 4.78 is 2.02. The average Bonchev–Trinajstić information content (AvgIpc) is 3.14. The summed E-state index contributed by atoms with van der Waals surface area (Å²) in [4.78, 5) is 4.05. The molecule has 0 fully saturated rings. The van der Waals surface area contributed by atoms with Gasteiger partial charge >= 0.3 is 0 Å². The summed E-state index contributed by atoms with van der Waals surface area (Å²) in [5.74, 6) is 0.784. The van der Waals surface area contributed by atoms with Crippen molar-refractivity contribution in [2.24, 2.45) is 15.9 Å². The van der Waals surface area contributed by atoms with E-state index in [0.717, 1.165) is 17.9 Å². The van der Waals surface area contributed by atoms with Crippen LogP contribution >= 0.6 is 11.8 Å². The number of rotatable bonds is 6. The highest BCUT2D eigenvalue weighted by molar-refractivity contribution is 8.13. The van der Waals surface area contributed by atoms with Crippen molar-refractivity contribution in [1.29, 1.82) is 0 Å². The monoisotopic (exact) mass is 349 g/mol. The first kappa shape index (κ1) is 17.0. The molecule has 2 aromatic carbocycles. The van der Waals surface area contributed by atoms with E-state index in [9.17, 15) is 0 Å². The minimum absolute atomic E-state index is 0.453. The maximum atomic E-state index is 5.89. The van der Waals surface area contributed by atoms with Gasteiger partial charge in [-0.25, -0.2) is 4.98 Å². The third-order valence-electron chi connectivity index (χ3n) is 3.47. The van der Waals surface area contributed by atoms with Crippen LogP contribution in [0, 0.1) is 0 Å². The van der Waals surface area contributed by atoms with Gasteiger partial charge in [0, 0.05) is 24.7 Å². The molecule has 3 rings (SSSR count). The third kappa shape index (κ3) is 5.61. The van der Waals surface area contributed by atoms with E-state index in [1.165, 1.54) is 22.9 Å². The van der Waals surface area contributed by atoms with E-state index >= 15 is 0 Å². The number of thioether (sulfide) groups is 1. The molecule has 0 saturated heterocycles. The van der Waals surface area contributed by atoms with E-state index in [-0.39, 0.29) is 0 Å². The van der Waals surface area contributed by atoms with Crippen molar-refractivity contribution in [3.8, 4) is 0 Å². The molecule has 0 radical (unpaired) electrons. The second-order valence-electron chi connectivity index (χ2n) is 5.44. The molecule has 1 heterocycles. The zero-order valence-electron chi connectivity index (χ0n) is 13.7. The number of hydrogen-bond acceptors (Lipinski definition) is 4. The topological polar surface area (TPSA) is 68.6 Å². The van der Waals surface area contributed by atoms with Gasteiger partial charge in [-0.15, -0.1) is 5.10 Å². The molecule has 2 N–H and O–H groups in total. The molecule has 0 bridgehead atoms. The maximum absolute atomic E-state index is 5.89. The van der Waals surface area contributed by atoms with Gasteiger partial charge in [0.1, 0.15) is 0 Å². The van der Waals surface area contributed by atoms with Crippen LogP contribution in [0.25, 0.3) is 0 Å². The zero-order chi connectivity index (χ0) is 17.3.